The second-order valence-corrected chi connectivity index (χ2v) is 7.55. The molecule has 3 aromatic rings. The van der Waals surface area contributed by atoms with Crippen molar-refractivity contribution in [1.29, 1.82) is 0 Å². The number of fused-ring (bicyclic) bond motifs is 3. The Balaban J connectivity index is 0.00000144. The van der Waals surface area contributed by atoms with Crippen molar-refractivity contribution in [3.8, 4) is 0 Å². The van der Waals surface area contributed by atoms with E-state index >= 15 is 0 Å². The van der Waals surface area contributed by atoms with Gasteiger partial charge in [0.15, 0.2) is 0 Å². The Labute approximate surface area is 143 Å². The predicted octanol–water partition coefficient (Wildman–Crippen LogP) is 4.02. The van der Waals surface area contributed by atoms with Crippen molar-refractivity contribution in [2.75, 3.05) is 13.1 Å². The number of benzene rings is 1. The first-order chi connectivity index (χ1) is 10.3. The van der Waals surface area contributed by atoms with E-state index in [1.807, 2.05) is 6.07 Å². The van der Waals surface area contributed by atoms with Gasteiger partial charge in [-0.25, -0.2) is 0 Å². The maximum absolute atomic E-state index is 12.4. The fraction of sp³-hybridized carbons (Fsp3) is 0.312. The molecule has 4 rings (SSSR count). The molecule has 1 aliphatic rings. The first-order valence-electron chi connectivity index (χ1n) is 7.24. The summed E-state index contributed by atoms with van der Waals surface area (Å²) in [6.45, 7) is 1.95. The van der Waals surface area contributed by atoms with E-state index in [1.54, 1.807) is 22.7 Å². The lowest BCUT2D eigenvalue weighted by Gasteiger charge is -2.23. The molecule has 1 fully saturated rings. The second kappa shape index (κ2) is 6.54. The van der Waals surface area contributed by atoms with Crippen molar-refractivity contribution in [2.45, 2.75) is 18.9 Å². The van der Waals surface area contributed by atoms with Gasteiger partial charge in [-0.3, -0.25) is 4.79 Å². The summed E-state index contributed by atoms with van der Waals surface area (Å²) in [6.07, 6.45) is 2.20. The summed E-state index contributed by atoms with van der Waals surface area (Å²) in [6, 6.07) is 10.7. The molecular weight excluding hydrogens is 336 g/mol. The van der Waals surface area contributed by atoms with Crippen LogP contribution in [-0.4, -0.2) is 25.0 Å². The van der Waals surface area contributed by atoms with Gasteiger partial charge in [0.1, 0.15) is 0 Å². The minimum Gasteiger partial charge on any atom is -0.347 e. The normalized spacial score (nSPS) is 18.3. The minimum absolute atomic E-state index is 0. The van der Waals surface area contributed by atoms with Gasteiger partial charge in [0.25, 0.3) is 5.91 Å². The van der Waals surface area contributed by atoms with E-state index in [-0.39, 0.29) is 24.4 Å². The number of carbonyl (C=O) groups is 1. The van der Waals surface area contributed by atoms with Crippen LogP contribution in [-0.2, 0) is 0 Å². The van der Waals surface area contributed by atoms with Crippen molar-refractivity contribution < 1.29 is 4.79 Å². The number of thiophene rings is 2. The van der Waals surface area contributed by atoms with Crippen LogP contribution in [0.25, 0.3) is 19.5 Å². The molecule has 0 bridgehead atoms. The smallest absolute Gasteiger partial charge is 0.261 e. The molecule has 116 valence electrons. The highest BCUT2D eigenvalue weighted by Gasteiger charge is 2.19. The van der Waals surface area contributed by atoms with Crippen molar-refractivity contribution in [2.24, 2.45) is 0 Å². The Kier molecular flexibility index (Phi) is 4.68. The van der Waals surface area contributed by atoms with E-state index < -0.39 is 0 Å². The van der Waals surface area contributed by atoms with Gasteiger partial charge in [-0.1, -0.05) is 18.2 Å². The van der Waals surface area contributed by atoms with E-state index in [0.717, 1.165) is 30.8 Å². The number of amides is 1. The number of hydrogen-bond acceptors (Lipinski definition) is 4. The molecule has 2 N–H and O–H groups in total. The minimum atomic E-state index is 0. The van der Waals surface area contributed by atoms with Gasteiger partial charge in [-0.15, -0.1) is 35.1 Å². The van der Waals surface area contributed by atoms with Crippen molar-refractivity contribution in [3.05, 3.63) is 35.2 Å². The monoisotopic (exact) mass is 352 g/mol. The molecule has 1 saturated heterocycles. The summed E-state index contributed by atoms with van der Waals surface area (Å²) in [5, 5.41) is 7.74. The molecule has 22 heavy (non-hydrogen) atoms. The average Bonchev–Trinajstić information content (AvgIpc) is 3.06. The Morgan fingerprint density at radius 1 is 1.23 bits per heavy atom. The van der Waals surface area contributed by atoms with Crippen molar-refractivity contribution >= 4 is 60.5 Å². The van der Waals surface area contributed by atoms with Crippen LogP contribution < -0.4 is 10.6 Å². The third-order valence-electron chi connectivity index (χ3n) is 3.91. The zero-order chi connectivity index (χ0) is 14.2. The topological polar surface area (TPSA) is 41.1 Å². The van der Waals surface area contributed by atoms with Gasteiger partial charge in [0.05, 0.1) is 9.58 Å². The summed E-state index contributed by atoms with van der Waals surface area (Å²) in [4.78, 5) is 13.2. The molecule has 3 heterocycles. The molecule has 1 amide bonds. The molecular formula is C16H17ClN2OS2. The van der Waals surface area contributed by atoms with Gasteiger partial charge in [0, 0.05) is 27.4 Å². The molecule has 1 aromatic carbocycles. The fourth-order valence-electron chi connectivity index (χ4n) is 2.84. The summed E-state index contributed by atoms with van der Waals surface area (Å²) in [7, 11) is 0. The molecule has 1 atom stereocenters. The zero-order valence-electron chi connectivity index (χ0n) is 11.9. The van der Waals surface area contributed by atoms with Crippen LogP contribution in [0.3, 0.4) is 0 Å². The summed E-state index contributed by atoms with van der Waals surface area (Å²) in [5.41, 5.74) is 0. The molecule has 6 heteroatoms. The number of hydrogen-bond donors (Lipinski definition) is 2. The lowest BCUT2D eigenvalue weighted by molar-refractivity contribution is 0.0935. The largest absolute Gasteiger partial charge is 0.347 e. The van der Waals surface area contributed by atoms with Gasteiger partial charge in [0.2, 0.25) is 0 Å². The summed E-state index contributed by atoms with van der Waals surface area (Å²) >= 11 is 3.37. The Bertz CT molecular complexity index is 805. The number of nitrogens with one attached hydrogen (secondary N) is 2. The van der Waals surface area contributed by atoms with Crippen molar-refractivity contribution in [3.63, 3.8) is 0 Å². The molecule has 0 radical (unpaired) electrons. The molecule has 3 nitrogen and oxygen atoms in total. The molecule has 2 aromatic heterocycles. The molecule has 1 aliphatic heterocycles. The van der Waals surface area contributed by atoms with Crippen LogP contribution in [0.15, 0.2) is 30.3 Å². The first kappa shape index (κ1) is 15.7. The maximum Gasteiger partial charge on any atom is 0.261 e. The highest BCUT2D eigenvalue weighted by Crippen LogP contribution is 2.39. The van der Waals surface area contributed by atoms with E-state index in [4.69, 9.17) is 0 Å². The Hall–Kier alpha value is -1.14. The van der Waals surface area contributed by atoms with Crippen LogP contribution in [0.1, 0.15) is 22.5 Å². The van der Waals surface area contributed by atoms with Crippen LogP contribution in [0, 0.1) is 0 Å². The lowest BCUT2D eigenvalue weighted by Crippen LogP contribution is -2.45. The number of carbonyl (C=O) groups excluding carboxylic acids is 1. The third-order valence-corrected chi connectivity index (χ3v) is 6.32. The van der Waals surface area contributed by atoms with Crippen LogP contribution >= 0.6 is 35.1 Å². The zero-order valence-corrected chi connectivity index (χ0v) is 14.4. The molecule has 0 saturated carbocycles. The number of piperidine rings is 1. The number of rotatable bonds is 2. The SMILES string of the molecule is Cl.O=C(NC1CCCNC1)c1cc2sc3ccccc3c2s1. The predicted molar refractivity (Wildman–Crippen MR) is 97.8 cm³/mol. The lowest BCUT2D eigenvalue weighted by atomic mass is 10.1. The van der Waals surface area contributed by atoms with Gasteiger partial charge in [-0.05, 0) is 31.5 Å². The Morgan fingerprint density at radius 2 is 2.09 bits per heavy atom. The van der Waals surface area contributed by atoms with Crippen LogP contribution in [0.4, 0.5) is 0 Å². The fourth-order valence-corrected chi connectivity index (χ4v) is 5.27. The van der Waals surface area contributed by atoms with Gasteiger partial charge in [-0.2, -0.15) is 0 Å². The second-order valence-electron chi connectivity index (χ2n) is 5.42. The number of halogens is 1. The van der Waals surface area contributed by atoms with E-state index in [2.05, 4.69) is 34.9 Å². The van der Waals surface area contributed by atoms with E-state index in [1.165, 1.54) is 19.5 Å². The highest BCUT2D eigenvalue weighted by atomic mass is 35.5. The molecule has 0 aliphatic carbocycles. The van der Waals surface area contributed by atoms with Crippen LogP contribution in [0.5, 0.6) is 0 Å². The summed E-state index contributed by atoms with van der Waals surface area (Å²) in [5.74, 6) is 0.0705. The molecule has 0 spiro atoms. The Morgan fingerprint density at radius 3 is 2.91 bits per heavy atom. The highest BCUT2D eigenvalue weighted by molar-refractivity contribution is 7.33. The van der Waals surface area contributed by atoms with Crippen LogP contribution in [0.2, 0.25) is 0 Å². The summed E-state index contributed by atoms with van der Waals surface area (Å²) < 4.78 is 3.75. The maximum atomic E-state index is 12.4. The average molecular weight is 353 g/mol. The standard InChI is InChI=1S/C16H16N2OS2.ClH/c19-16(18-10-4-3-7-17-9-10)14-8-13-15(21-14)11-5-1-2-6-12(11)20-13;/h1-2,5-6,8,10,17H,3-4,7,9H2,(H,18,19);1H. The third kappa shape index (κ3) is 2.86. The quantitative estimate of drug-likeness (QED) is 0.731. The van der Waals surface area contributed by atoms with E-state index in [9.17, 15) is 4.79 Å². The van der Waals surface area contributed by atoms with Gasteiger partial charge >= 0.3 is 0 Å². The first-order valence-corrected chi connectivity index (χ1v) is 8.87. The van der Waals surface area contributed by atoms with Gasteiger partial charge < -0.3 is 10.6 Å². The van der Waals surface area contributed by atoms with Crippen molar-refractivity contribution in [1.82, 2.24) is 10.6 Å². The molecule has 1 unspecified atom stereocenters. The van der Waals surface area contributed by atoms with E-state index in [0.29, 0.717) is 0 Å².